The molecule has 0 aromatic rings. The zero-order valence-corrected chi connectivity index (χ0v) is 19.8. The van der Waals surface area contributed by atoms with Crippen LogP contribution in [0.1, 0.15) is 39.0 Å². The van der Waals surface area contributed by atoms with Crippen molar-refractivity contribution in [3.63, 3.8) is 0 Å². The van der Waals surface area contributed by atoms with Crippen molar-refractivity contribution in [3.05, 3.63) is 0 Å². The third kappa shape index (κ3) is 8.79. The molecule has 148 valence electrons. The lowest BCUT2D eigenvalue weighted by molar-refractivity contribution is 0.114. The second-order valence-electron chi connectivity index (χ2n) is 7.93. The summed E-state index contributed by atoms with van der Waals surface area (Å²) < 4.78 is 30.3. The van der Waals surface area contributed by atoms with Gasteiger partial charge in [0.15, 0.2) is 8.32 Å². The van der Waals surface area contributed by atoms with Gasteiger partial charge >= 0.3 is 8.56 Å². The Hall–Kier alpha value is 0.451. The summed E-state index contributed by atoms with van der Waals surface area (Å²) in [6, 6.07) is 3.53. The molecule has 4 atom stereocenters. The maximum atomic E-state index is 6.64. The first-order valence-electron chi connectivity index (χ1n) is 10.1. The van der Waals surface area contributed by atoms with Crippen molar-refractivity contribution in [2.75, 3.05) is 26.4 Å². The van der Waals surface area contributed by atoms with Gasteiger partial charge in [-0.3, -0.25) is 0 Å². The van der Waals surface area contributed by atoms with E-state index in [1.807, 2.05) is 0 Å². The first-order valence-corrected chi connectivity index (χ1v) is 17.6. The van der Waals surface area contributed by atoms with E-state index in [9.17, 15) is 0 Å². The Morgan fingerprint density at radius 1 is 1.12 bits per heavy atom. The van der Waals surface area contributed by atoms with Crippen LogP contribution in [0.5, 0.6) is 0 Å². The molecule has 2 fully saturated rings. The Bertz CT molecular complexity index is 385. The monoisotopic (exact) mass is 406 g/mol. The normalized spacial score (nSPS) is 37.0. The van der Waals surface area contributed by atoms with Crippen molar-refractivity contribution in [2.45, 2.75) is 82.9 Å². The van der Waals surface area contributed by atoms with Crippen LogP contribution in [0.3, 0.4) is 0 Å². The van der Waals surface area contributed by atoms with Gasteiger partial charge in [0, 0.05) is 13.2 Å². The van der Waals surface area contributed by atoms with Gasteiger partial charge < -0.3 is 22.1 Å². The van der Waals surface area contributed by atoms with Crippen molar-refractivity contribution in [1.29, 1.82) is 0 Å². The molecule has 0 spiro atoms. The van der Waals surface area contributed by atoms with E-state index in [-0.39, 0.29) is 0 Å². The minimum atomic E-state index is -2.14. The number of ether oxygens (including phenoxy) is 2. The van der Waals surface area contributed by atoms with Crippen molar-refractivity contribution >= 4 is 26.2 Å². The predicted octanol–water partition coefficient (Wildman–Crippen LogP) is 3.93. The lowest BCUT2D eigenvalue weighted by Crippen LogP contribution is -2.49. The van der Waals surface area contributed by atoms with Crippen LogP contribution in [0, 0.1) is 0 Å². The fourth-order valence-corrected chi connectivity index (χ4v) is 15.7. The molecule has 2 rings (SSSR count). The highest BCUT2D eigenvalue weighted by Crippen LogP contribution is 2.28. The second kappa shape index (κ2) is 10.7. The maximum Gasteiger partial charge on any atom is 0.326 e. The lowest BCUT2D eigenvalue weighted by atomic mass is 10.4. The third-order valence-corrected chi connectivity index (χ3v) is 16.9. The minimum absolute atomic E-state index is 0.348. The van der Waals surface area contributed by atoms with Crippen LogP contribution in [-0.4, -0.2) is 58.7 Å². The van der Waals surface area contributed by atoms with E-state index >= 15 is 0 Å². The molecular weight excluding hydrogens is 368 g/mol. The summed E-state index contributed by atoms with van der Waals surface area (Å²) in [5.74, 6) is 0. The fourth-order valence-electron chi connectivity index (χ4n) is 3.50. The second-order valence-corrected chi connectivity index (χ2v) is 17.9. The third-order valence-electron chi connectivity index (χ3n) is 5.06. The van der Waals surface area contributed by atoms with Gasteiger partial charge in [-0.2, -0.15) is 0 Å². The first kappa shape index (κ1) is 21.7. The van der Waals surface area contributed by atoms with Gasteiger partial charge in [0.1, 0.15) is 6.10 Å². The van der Waals surface area contributed by atoms with Crippen LogP contribution in [0.25, 0.3) is 0 Å². The van der Waals surface area contributed by atoms with Gasteiger partial charge in [0.25, 0.3) is 9.28 Å². The molecule has 2 heterocycles. The van der Waals surface area contributed by atoms with Crippen LogP contribution in [0.2, 0.25) is 37.8 Å². The highest BCUT2D eigenvalue weighted by Gasteiger charge is 2.38. The molecule has 2 aliphatic rings. The first-order chi connectivity index (χ1) is 11.9. The molecular formula is C17H38O5Si3. The Balaban J connectivity index is 1.81. The Morgan fingerprint density at radius 2 is 1.92 bits per heavy atom. The van der Waals surface area contributed by atoms with Gasteiger partial charge in [-0.1, -0.05) is 26.2 Å². The number of epoxide rings is 1. The molecule has 0 aromatic carbocycles. The van der Waals surface area contributed by atoms with Gasteiger partial charge in [-0.25, -0.2) is 0 Å². The number of hydrogen-bond acceptors (Lipinski definition) is 5. The topological polar surface area (TPSA) is 49.5 Å². The van der Waals surface area contributed by atoms with E-state index in [0.717, 1.165) is 45.3 Å². The summed E-state index contributed by atoms with van der Waals surface area (Å²) in [6.07, 6.45) is 6.26. The molecule has 2 aliphatic heterocycles. The van der Waals surface area contributed by atoms with E-state index in [1.165, 1.54) is 31.4 Å². The Labute approximate surface area is 157 Å². The molecule has 0 amide bonds. The molecule has 0 N–H and O–H groups in total. The van der Waals surface area contributed by atoms with Crippen molar-refractivity contribution < 1.29 is 22.1 Å². The van der Waals surface area contributed by atoms with Gasteiger partial charge in [0.2, 0.25) is 0 Å². The van der Waals surface area contributed by atoms with E-state index in [4.69, 9.17) is 22.1 Å². The highest BCUT2D eigenvalue weighted by atomic mass is 28.5. The molecule has 0 aliphatic carbocycles. The lowest BCUT2D eigenvalue weighted by Gasteiger charge is -2.37. The summed E-state index contributed by atoms with van der Waals surface area (Å²) in [5.41, 5.74) is 0. The summed E-state index contributed by atoms with van der Waals surface area (Å²) in [5, 5.41) is 0. The van der Waals surface area contributed by atoms with Crippen LogP contribution in [-0.2, 0) is 22.1 Å². The van der Waals surface area contributed by atoms with Crippen molar-refractivity contribution in [2.24, 2.45) is 0 Å². The Morgan fingerprint density at radius 3 is 2.64 bits per heavy atom. The standard InChI is InChI=1S/C17H38O5Si3/c1-5-6-12-24(3)13-8-7-11-20-25(4,22-23(2)21-24)14-9-10-18-15-17-16-19-17/h17,23H,5-16H2,1-4H3. The predicted molar refractivity (Wildman–Crippen MR) is 108 cm³/mol. The van der Waals surface area contributed by atoms with Crippen LogP contribution in [0.15, 0.2) is 0 Å². The zero-order valence-electron chi connectivity index (χ0n) is 16.7. The summed E-state index contributed by atoms with van der Waals surface area (Å²) >= 11 is 0. The van der Waals surface area contributed by atoms with Crippen LogP contribution < -0.4 is 0 Å². The molecule has 4 unspecified atom stereocenters. The summed E-state index contributed by atoms with van der Waals surface area (Å²) in [4.78, 5) is 0. The Kier molecular flexibility index (Phi) is 9.31. The van der Waals surface area contributed by atoms with Crippen molar-refractivity contribution in [1.82, 2.24) is 0 Å². The van der Waals surface area contributed by atoms with Gasteiger partial charge in [-0.05, 0) is 50.6 Å². The van der Waals surface area contributed by atoms with E-state index in [1.54, 1.807) is 0 Å². The smallest absolute Gasteiger partial charge is 0.326 e. The largest absolute Gasteiger partial charge is 0.438 e. The molecule has 0 saturated carbocycles. The number of rotatable bonds is 9. The molecule has 8 heteroatoms. The number of unbranched alkanes of at least 4 members (excludes halogenated alkanes) is 1. The molecule has 2 saturated heterocycles. The average molecular weight is 407 g/mol. The number of hydrogen-bond donors (Lipinski definition) is 0. The molecule has 5 nitrogen and oxygen atoms in total. The van der Waals surface area contributed by atoms with Crippen LogP contribution >= 0.6 is 0 Å². The summed E-state index contributed by atoms with van der Waals surface area (Å²) in [6.45, 7) is 12.3. The van der Waals surface area contributed by atoms with Crippen LogP contribution in [0.4, 0.5) is 0 Å². The SMILES string of the molecule is CCCC[Si]1(C)CCCCO[Si](C)(CCCOCC2CO2)O[SiH](C)O1. The molecule has 0 radical (unpaired) electrons. The molecule has 25 heavy (non-hydrogen) atoms. The van der Waals surface area contributed by atoms with E-state index in [0.29, 0.717) is 6.10 Å². The molecule has 0 bridgehead atoms. The maximum absolute atomic E-state index is 6.64. The van der Waals surface area contributed by atoms with Gasteiger partial charge in [0.05, 0.1) is 13.2 Å². The van der Waals surface area contributed by atoms with E-state index in [2.05, 4.69) is 26.6 Å². The highest BCUT2D eigenvalue weighted by molar-refractivity contribution is 6.80. The minimum Gasteiger partial charge on any atom is -0.438 e. The summed E-state index contributed by atoms with van der Waals surface area (Å²) in [7, 11) is -5.39. The van der Waals surface area contributed by atoms with E-state index < -0.39 is 26.2 Å². The molecule has 0 aromatic heterocycles. The fraction of sp³-hybridized carbons (Fsp3) is 1.00. The quantitative estimate of drug-likeness (QED) is 0.330. The van der Waals surface area contributed by atoms with Gasteiger partial charge in [-0.15, -0.1) is 0 Å². The van der Waals surface area contributed by atoms with Crippen molar-refractivity contribution in [3.8, 4) is 0 Å². The average Bonchev–Trinajstić information content (AvgIpc) is 3.36. The zero-order chi connectivity index (χ0) is 18.2.